The second-order valence-electron chi connectivity index (χ2n) is 4.59. The quantitative estimate of drug-likeness (QED) is 0.528. The molecule has 0 saturated heterocycles. The van der Waals surface area contributed by atoms with Crippen molar-refractivity contribution in [3.8, 4) is 11.8 Å². The van der Waals surface area contributed by atoms with E-state index in [1.807, 2.05) is 7.05 Å². The average Bonchev–Trinajstić information content (AvgIpc) is 2.82. The summed E-state index contributed by atoms with van der Waals surface area (Å²) in [5.41, 5.74) is 3.42. The summed E-state index contributed by atoms with van der Waals surface area (Å²) in [6, 6.07) is 14.7. The van der Waals surface area contributed by atoms with E-state index in [0.717, 1.165) is 18.5 Å². The number of rotatable bonds is 2. The second kappa shape index (κ2) is 5.17. The first kappa shape index (κ1) is 11.8. The van der Waals surface area contributed by atoms with E-state index in [9.17, 15) is 0 Å². The number of aromatic amines is 1. The lowest BCUT2D eigenvalue weighted by Gasteiger charge is -1.93. The van der Waals surface area contributed by atoms with E-state index >= 15 is 0 Å². The molecule has 0 fully saturated rings. The van der Waals surface area contributed by atoms with Crippen LogP contribution in [-0.4, -0.2) is 18.6 Å². The van der Waals surface area contributed by atoms with Gasteiger partial charge in [0.15, 0.2) is 0 Å². The van der Waals surface area contributed by atoms with Gasteiger partial charge in [-0.15, -0.1) is 0 Å². The van der Waals surface area contributed by atoms with E-state index in [2.05, 4.69) is 64.6 Å². The van der Waals surface area contributed by atoms with E-state index in [1.165, 1.54) is 21.8 Å². The van der Waals surface area contributed by atoms with Crippen molar-refractivity contribution in [3.05, 3.63) is 48.0 Å². The fourth-order valence-electron chi connectivity index (χ4n) is 2.28. The summed E-state index contributed by atoms with van der Waals surface area (Å²) in [7, 11) is 1.94. The summed E-state index contributed by atoms with van der Waals surface area (Å²) in [6.45, 7) is 0.933. The van der Waals surface area contributed by atoms with Gasteiger partial charge in [0.05, 0.1) is 0 Å². The van der Waals surface area contributed by atoms with Crippen LogP contribution in [0.15, 0.2) is 42.5 Å². The molecule has 2 N–H and O–H groups in total. The Morgan fingerprint density at radius 1 is 1.05 bits per heavy atom. The highest BCUT2D eigenvalue weighted by Crippen LogP contribution is 2.25. The van der Waals surface area contributed by atoms with Gasteiger partial charge in [-0.2, -0.15) is 0 Å². The molecule has 3 aromatic rings. The van der Waals surface area contributed by atoms with E-state index < -0.39 is 0 Å². The standard InChI is InChI=1S/C17H16N2/c1-18-11-5-4-6-13-9-10-17-15(12-13)14-7-2-3-8-16(14)19-17/h2-3,7-10,12,18-19H,5,11H2,1H3. The molecule has 0 unspecified atom stereocenters. The Kier molecular flexibility index (Phi) is 3.22. The highest BCUT2D eigenvalue weighted by atomic mass is 14.8. The Morgan fingerprint density at radius 3 is 2.79 bits per heavy atom. The van der Waals surface area contributed by atoms with Crippen molar-refractivity contribution >= 4 is 21.8 Å². The van der Waals surface area contributed by atoms with Gasteiger partial charge in [-0.25, -0.2) is 0 Å². The first-order valence-electron chi connectivity index (χ1n) is 6.52. The molecule has 3 rings (SSSR count). The lowest BCUT2D eigenvalue weighted by molar-refractivity contribution is 0.818. The summed E-state index contributed by atoms with van der Waals surface area (Å²) in [5.74, 6) is 6.41. The van der Waals surface area contributed by atoms with Gasteiger partial charge in [0.2, 0.25) is 0 Å². The second-order valence-corrected chi connectivity index (χ2v) is 4.59. The van der Waals surface area contributed by atoms with Crippen LogP contribution in [0.1, 0.15) is 12.0 Å². The van der Waals surface area contributed by atoms with Crippen LogP contribution in [0, 0.1) is 11.8 Å². The van der Waals surface area contributed by atoms with Crippen molar-refractivity contribution in [1.29, 1.82) is 0 Å². The highest BCUT2D eigenvalue weighted by Gasteiger charge is 2.03. The molecule has 94 valence electrons. The van der Waals surface area contributed by atoms with Crippen molar-refractivity contribution in [3.63, 3.8) is 0 Å². The molecule has 0 atom stereocenters. The number of hydrogen-bond donors (Lipinski definition) is 2. The van der Waals surface area contributed by atoms with Crippen LogP contribution in [0.2, 0.25) is 0 Å². The summed E-state index contributed by atoms with van der Waals surface area (Å²) >= 11 is 0. The lowest BCUT2D eigenvalue weighted by Crippen LogP contribution is -2.05. The number of benzene rings is 2. The number of nitrogens with one attached hydrogen (secondary N) is 2. The SMILES string of the molecule is CNCCC#Cc1ccc2[nH]c3ccccc3c2c1. The molecule has 0 spiro atoms. The molecule has 0 saturated carbocycles. The zero-order chi connectivity index (χ0) is 13.1. The molecule has 0 aliphatic heterocycles. The summed E-state index contributed by atoms with van der Waals surface area (Å²) in [5, 5.41) is 5.60. The van der Waals surface area contributed by atoms with Crippen molar-refractivity contribution in [1.82, 2.24) is 10.3 Å². The van der Waals surface area contributed by atoms with Gasteiger partial charge in [-0.3, -0.25) is 0 Å². The maximum Gasteiger partial charge on any atom is 0.0465 e. The molecule has 1 aromatic heterocycles. The van der Waals surface area contributed by atoms with Crippen LogP contribution < -0.4 is 5.32 Å². The molecule has 0 amide bonds. The predicted octanol–water partition coefficient (Wildman–Crippen LogP) is 3.28. The minimum atomic E-state index is 0.877. The molecular formula is C17H16N2. The Hall–Kier alpha value is -2.24. The van der Waals surface area contributed by atoms with Crippen molar-refractivity contribution < 1.29 is 0 Å². The topological polar surface area (TPSA) is 27.8 Å². The maximum absolute atomic E-state index is 3.42. The Labute approximate surface area is 112 Å². The highest BCUT2D eigenvalue weighted by molar-refractivity contribution is 6.07. The monoisotopic (exact) mass is 248 g/mol. The van der Waals surface area contributed by atoms with Crippen LogP contribution in [0.25, 0.3) is 21.8 Å². The zero-order valence-electron chi connectivity index (χ0n) is 11.0. The van der Waals surface area contributed by atoms with Gasteiger partial charge in [-0.1, -0.05) is 30.0 Å². The molecule has 19 heavy (non-hydrogen) atoms. The maximum atomic E-state index is 3.42. The van der Waals surface area contributed by atoms with Gasteiger partial charge in [0.1, 0.15) is 0 Å². The first-order chi connectivity index (χ1) is 9.38. The minimum Gasteiger partial charge on any atom is -0.355 e. The van der Waals surface area contributed by atoms with E-state index in [4.69, 9.17) is 0 Å². The molecule has 1 heterocycles. The minimum absolute atomic E-state index is 0.877. The summed E-state index contributed by atoms with van der Waals surface area (Å²) < 4.78 is 0. The van der Waals surface area contributed by atoms with Crippen molar-refractivity contribution in [2.45, 2.75) is 6.42 Å². The largest absolute Gasteiger partial charge is 0.355 e. The van der Waals surface area contributed by atoms with Crippen LogP contribution >= 0.6 is 0 Å². The van der Waals surface area contributed by atoms with E-state index in [-0.39, 0.29) is 0 Å². The Morgan fingerprint density at radius 2 is 1.89 bits per heavy atom. The van der Waals surface area contributed by atoms with Gasteiger partial charge < -0.3 is 10.3 Å². The zero-order valence-corrected chi connectivity index (χ0v) is 11.0. The third kappa shape index (κ3) is 2.33. The number of hydrogen-bond acceptors (Lipinski definition) is 1. The van der Waals surface area contributed by atoms with Gasteiger partial charge in [-0.05, 0) is 31.3 Å². The number of fused-ring (bicyclic) bond motifs is 3. The van der Waals surface area contributed by atoms with Gasteiger partial charge >= 0.3 is 0 Å². The molecular weight excluding hydrogens is 232 g/mol. The molecule has 0 aliphatic carbocycles. The fraction of sp³-hybridized carbons (Fsp3) is 0.176. The molecule has 2 aromatic carbocycles. The Balaban J connectivity index is 2.03. The fourth-order valence-corrected chi connectivity index (χ4v) is 2.28. The van der Waals surface area contributed by atoms with E-state index in [0.29, 0.717) is 0 Å². The number of aromatic nitrogens is 1. The summed E-state index contributed by atoms with van der Waals surface area (Å²) in [4.78, 5) is 3.42. The lowest BCUT2D eigenvalue weighted by atomic mass is 10.1. The smallest absolute Gasteiger partial charge is 0.0465 e. The average molecular weight is 248 g/mol. The van der Waals surface area contributed by atoms with Crippen molar-refractivity contribution in [2.75, 3.05) is 13.6 Å². The molecule has 0 aliphatic rings. The van der Waals surface area contributed by atoms with Crippen LogP contribution in [0.5, 0.6) is 0 Å². The third-order valence-electron chi connectivity index (χ3n) is 3.24. The Bertz CT molecular complexity index is 772. The summed E-state index contributed by atoms with van der Waals surface area (Å²) in [6.07, 6.45) is 0.877. The first-order valence-corrected chi connectivity index (χ1v) is 6.52. The molecule has 0 radical (unpaired) electrons. The van der Waals surface area contributed by atoms with Gasteiger partial charge in [0, 0.05) is 40.3 Å². The predicted molar refractivity (Wildman–Crippen MR) is 81.2 cm³/mol. The van der Waals surface area contributed by atoms with Crippen LogP contribution in [0.4, 0.5) is 0 Å². The number of H-pyrrole nitrogens is 1. The molecule has 2 nitrogen and oxygen atoms in total. The van der Waals surface area contributed by atoms with E-state index in [1.54, 1.807) is 0 Å². The molecule has 2 heteroatoms. The van der Waals surface area contributed by atoms with Crippen LogP contribution in [-0.2, 0) is 0 Å². The van der Waals surface area contributed by atoms with Crippen molar-refractivity contribution in [2.24, 2.45) is 0 Å². The van der Waals surface area contributed by atoms with Crippen LogP contribution in [0.3, 0.4) is 0 Å². The third-order valence-corrected chi connectivity index (χ3v) is 3.24. The van der Waals surface area contributed by atoms with Gasteiger partial charge in [0.25, 0.3) is 0 Å². The molecule has 0 bridgehead atoms. The normalized spacial score (nSPS) is 10.6. The number of para-hydroxylation sites is 1.